The van der Waals surface area contributed by atoms with Gasteiger partial charge in [-0.05, 0) is 19.8 Å². The lowest BCUT2D eigenvalue weighted by Crippen LogP contribution is -1.98. The van der Waals surface area contributed by atoms with Gasteiger partial charge in [0.15, 0.2) is 3.79 Å². The SMILES string of the molecule is C=CCCC(C)=CCC(Cl)(Cl)Cl. The van der Waals surface area contributed by atoms with E-state index in [1.807, 2.05) is 19.1 Å². The van der Waals surface area contributed by atoms with Crippen LogP contribution in [0.4, 0.5) is 0 Å². The van der Waals surface area contributed by atoms with Crippen LogP contribution < -0.4 is 0 Å². The normalized spacial score (nSPS) is 13.2. The number of rotatable bonds is 4. The molecule has 0 aliphatic rings. The summed E-state index contributed by atoms with van der Waals surface area (Å²) in [7, 11) is 0. The van der Waals surface area contributed by atoms with Crippen LogP contribution >= 0.6 is 34.8 Å². The van der Waals surface area contributed by atoms with E-state index in [-0.39, 0.29) is 0 Å². The maximum absolute atomic E-state index is 5.58. The fraction of sp³-hybridized carbons (Fsp3) is 0.556. The first-order valence-corrected chi connectivity index (χ1v) is 4.92. The number of allylic oxidation sites excluding steroid dienone is 3. The molecule has 0 atom stereocenters. The Morgan fingerprint density at radius 3 is 2.42 bits per heavy atom. The molecule has 0 nitrogen and oxygen atoms in total. The molecule has 0 fully saturated rings. The van der Waals surface area contributed by atoms with Crippen molar-refractivity contribution in [2.24, 2.45) is 0 Å². The zero-order valence-electron chi connectivity index (χ0n) is 7.12. The van der Waals surface area contributed by atoms with Crippen molar-refractivity contribution in [1.82, 2.24) is 0 Å². The molecule has 0 aromatic heterocycles. The molecule has 0 amide bonds. The average molecular weight is 228 g/mol. The van der Waals surface area contributed by atoms with Crippen molar-refractivity contribution in [1.29, 1.82) is 0 Å². The number of hydrogen-bond acceptors (Lipinski definition) is 0. The van der Waals surface area contributed by atoms with Gasteiger partial charge in [-0.1, -0.05) is 52.5 Å². The Bertz CT molecular complexity index is 165. The molecule has 0 radical (unpaired) electrons. The highest BCUT2D eigenvalue weighted by Gasteiger charge is 2.16. The topological polar surface area (TPSA) is 0 Å². The Balaban J connectivity index is 3.76. The first-order chi connectivity index (χ1) is 5.45. The second-order valence-electron chi connectivity index (χ2n) is 2.70. The molecule has 0 saturated carbocycles. The first kappa shape index (κ1) is 12.3. The Hall–Kier alpha value is 0.350. The zero-order chi connectivity index (χ0) is 9.61. The summed E-state index contributed by atoms with van der Waals surface area (Å²) in [5.74, 6) is 0. The van der Waals surface area contributed by atoms with Gasteiger partial charge >= 0.3 is 0 Å². The molecule has 0 saturated heterocycles. The fourth-order valence-electron chi connectivity index (χ4n) is 0.722. The molecule has 0 aromatic rings. The lowest BCUT2D eigenvalue weighted by molar-refractivity contribution is 0.948. The lowest BCUT2D eigenvalue weighted by Gasteiger charge is -2.07. The maximum atomic E-state index is 5.58. The van der Waals surface area contributed by atoms with Gasteiger partial charge in [0, 0.05) is 6.42 Å². The Morgan fingerprint density at radius 1 is 1.42 bits per heavy atom. The van der Waals surface area contributed by atoms with Crippen LogP contribution in [0.2, 0.25) is 0 Å². The van der Waals surface area contributed by atoms with Crippen LogP contribution in [0.25, 0.3) is 0 Å². The standard InChI is InChI=1S/C9H13Cl3/c1-3-4-5-8(2)6-7-9(10,11)12/h3,6H,1,4-5,7H2,2H3. The third-order valence-electron chi connectivity index (χ3n) is 1.42. The highest BCUT2D eigenvalue weighted by Crippen LogP contribution is 2.30. The number of alkyl halides is 3. The van der Waals surface area contributed by atoms with E-state index in [1.165, 1.54) is 5.57 Å². The molecule has 0 bridgehead atoms. The van der Waals surface area contributed by atoms with E-state index in [2.05, 4.69) is 6.58 Å². The predicted molar refractivity (Wildman–Crippen MR) is 58.1 cm³/mol. The summed E-state index contributed by atoms with van der Waals surface area (Å²) in [6, 6.07) is 0. The quantitative estimate of drug-likeness (QED) is 0.484. The van der Waals surface area contributed by atoms with Crippen LogP contribution in [0, 0.1) is 0 Å². The fourth-order valence-corrected chi connectivity index (χ4v) is 0.953. The zero-order valence-corrected chi connectivity index (χ0v) is 9.38. The van der Waals surface area contributed by atoms with Crippen molar-refractivity contribution >= 4 is 34.8 Å². The molecule has 0 rings (SSSR count). The molecule has 0 unspecified atom stereocenters. The van der Waals surface area contributed by atoms with Gasteiger partial charge in [-0.15, -0.1) is 6.58 Å². The molecule has 0 heterocycles. The van der Waals surface area contributed by atoms with E-state index in [0.717, 1.165) is 12.8 Å². The van der Waals surface area contributed by atoms with Crippen LogP contribution in [0.5, 0.6) is 0 Å². The molecular weight excluding hydrogens is 214 g/mol. The van der Waals surface area contributed by atoms with E-state index < -0.39 is 3.79 Å². The summed E-state index contributed by atoms with van der Waals surface area (Å²) in [6.45, 7) is 5.66. The van der Waals surface area contributed by atoms with Gasteiger partial charge in [-0.25, -0.2) is 0 Å². The lowest BCUT2D eigenvalue weighted by atomic mass is 10.1. The summed E-state index contributed by atoms with van der Waals surface area (Å²) in [4.78, 5) is 0. The number of hydrogen-bond donors (Lipinski definition) is 0. The highest BCUT2D eigenvalue weighted by molar-refractivity contribution is 6.67. The molecule has 70 valence electrons. The van der Waals surface area contributed by atoms with Crippen LogP contribution in [0.1, 0.15) is 26.2 Å². The van der Waals surface area contributed by atoms with E-state index in [9.17, 15) is 0 Å². The van der Waals surface area contributed by atoms with Crippen molar-refractivity contribution in [3.63, 3.8) is 0 Å². The van der Waals surface area contributed by atoms with Crippen molar-refractivity contribution in [2.75, 3.05) is 0 Å². The smallest absolute Gasteiger partial charge is 0.103 e. The molecule has 0 aromatic carbocycles. The van der Waals surface area contributed by atoms with E-state index >= 15 is 0 Å². The molecule has 0 spiro atoms. The molecule has 3 heteroatoms. The van der Waals surface area contributed by atoms with Crippen molar-refractivity contribution < 1.29 is 0 Å². The third-order valence-corrected chi connectivity index (χ3v) is 1.89. The van der Waals surface area contributed by atoms with Gasteiger partial charge in [0.25, 0.3) is 0 Å². The average Bonchev–Trinajstić information content (AvgIpc) is 1.95. The summed E-state index contributed by atoms with van der Waals surface area (Å²) >= 11 is 16.7. The minimum Gasteiger partial charge on any atom is -0.103 e. The largest absolute Gasteiger partial charge is 0.194 e. The molecule has 0 aliphatic carbocycles. The molecule has 12 heavy (non-hydrogen) atoms. The second kappa shape index (κ2) is 5.90. The summed E-state index contributed by atoms with van der Waals surface area (Å²) in [6.07, 6.45) is 6.27. The maximum Gasteiger partial charge on any atom is 0.194 e. The third kappa shape index (κ3) is 8.45. The Labute approximate surface area is 89.2 Å². The molecule has 0 N–H and O–H groups in total. The van der Waals surface area contributed by atoms with E-state index in [1.54, 1.807) is 0 Å². The molecular formula is C9H13Cl3. The molecule has 0 aliphatic heterocycles. The van der Waals surface area contributed by atoms with Crippen molar-refractivity contribution in [3.8, 4) is 0 Å². The van der Waals surface area contributed by atoms with Crippen LogP contribution in [0.3, 0.4) is 0 Å². The summed E-state index contributed by atoms with van der Waals surface area (Å²) in [5, 5.41) is 0. The summed E-state index contributed by atoms with van der Waals surface area (Å²) < 4.78 is -1.16. The van der Waals surface area contributed by atoms with E-state index in [0.29, 0.717) is 6.42 Å². The van der Waals surface area contributed by atoms with Gasteiger partial charge in [0.2, 0.25) is 0 Å². The predicted octanol–water partition coefficient (Wildman–Crippen LogP) is 4.66. The Kier molecular flexibility index (Phi) is 6.08. The van der Waals surface area contributed by atoms with Gasteiger partial charge in [-0.3, -0.25) is 0 Å². The van der Waals surface area contributed by atoms with Gasteiger partial charge in [-0.2, -0.15) is 0 Å². The minimum atomic E-state index is -1.16. The van der Waals surface area contributed by atoms with E-state index in [4.69, 9.17) is 34.8 Å². The van der Waals surface area contributed by atoms with Crippen LogP contribution in [0.15, 0.2) is 24.3 Å². The van der Waals surface area contributed by atoms with Crippen LogP contribution in [-0.4, -0.2) is 3.79 Å². The number of halogens is 3. The first-order valence-electron chi connectivity index (χ1n) is 3.79. The Morgan fingerprint density at radius 2 is 2.00 bits per heavy atom. The monoisotopic (exact) mass is 226 g/mol. The van der Waals surface area contributed by atoms with Gasteiger partial charge < -0.3 is 0 Å². The van der Waals surface area contributed by atoms with Crippen molar-refractivity contribution in [3.05, 3.63) is 24.3 Å². The summed E-state index contributed by atoms with van der Waals surface area (Å²) in [5.41, 5.74) is 1.24. The van der Waals surface area contributed by atoms with Crippen LogP contribution in [-0.2, 0) is 0 Å². The highest BCUT2D eigenvalue weighted by atomic mass is 35.6. The van der Waals surface area contributed by atoms with Gasteiger partial charge in [0.05, 0.1) is 0 Å². The van der Waals surface area contributed by atoms with Gasteiger partial charge in [0.1, 0.15) is 0 Å². The minimum absolute atomic E-state index is 0.473. The van der Waals surface area contributed by atoms with Crippen molar-refractivity contribution in [2.45, 2.75) is 30.0 Å². The second-order valence-corrected chi connectivity index (χ2v) is 5.21.